The van der Waals surface area contributed by atoms with E-state index < -0.39 is 18.4 Å². The molecule has 0 fully saturated rings. The van der Waals surface area contributed by atoms with Crippen molar-refractivity contribution in [2.45, 2.75) is 18.4 Å². The maximum Gasteiger partial charge on any atom is 0.437 e. The number of alkyl halides is 6. The molecule has 0 spiro atoms. The molecule has 1 unspecified atom stereocenters. The molecule has 0 aliphatic heterocycles. The van der Waals surface area contributed by atoms with E-state index in [1.165, 1.54) is 19.4 Å². The highest BCUT2D eigenvalue weighted by Gasteiger charge is 2.61. The number of imidazole rings is 1. The number of nitrogens with two attached hydrogens (primary N) is 2. The standard InChI is InChI=1S/C7H7F6N2.2CH2N2/c1-14-2-3-15(4-14)7(12,13)5(8)6(9,10)11;2*2-1-3/h2-5H,1H3;2*2H2/q+1;;. The zero-order valence-corrected chi connectivity index (χ0v) is 10.5. The molecule has 0 saturated heterocycles. The van der Waals surface area contributed by atoms with Crippen LogP contribution in [0.4, 0.5) is 26.3 Å². The molecule has 0 saturated carbocycles. The lowest BCUT2D eigenvalue weighted by molar-refractivity contribution is -0.671. The molecule has 0 aliphatic carbocycles. The summed E-state index contributed by atoms with van der Waals surface area (Å²) in [4.78, 5) is 0. The molecule has 0 amide bonds. The number of rotatable bonds is 2. The number of hydrogen-bond acceptors (Lipinski definition) is 4. The highest BCUT2D eigenvalue weighted by molar-refractivity contribution is 4.83. The lowest BCUT2D eigenvalue weighted by Gasteiger charge is -2.18. The Labute approximate surface area is 115 Å². The van der Waals surface area contributed by atoms with Crippen LogP contribution < -0.4 is 16.0 Å². The first-order chi connectivity index (χ1) is 9.48. The second kappa shape index (κ2) is 8.52. The van der Waals surface area contributed by atoms with E-state index in [0.29, 0.717) is 12.5 Å². The summed E-state index contributed by atoms with van der Waals surface area (Å²) in [5.74, 6) is 0. The maximum absolute atomic E-state index is 12.9. The normalized spacial score (nSPS) is 11.7. The van der Waals surface area contributed by atoms with E-state index in [0.717, 1.165) is 10.8 Å². The minimum absolute atomic E-state index is 0.120. The highest BCUT2D eigenvalue weighted by Crippen LogP contribution is 2.37. The molecule has 1 atom stereocenters. The van der Waals surface area contributed by atoms with Crippen LogP contribution in [-0.2, 0) is 13.1 Å². The Balaban J connectivity index is 0. The van der Waals surface area contributed by atoms with Crippen LogP contribution in [0, 0.1) is 22.9 Å². The second-order valence-electron chi connectivity index (χ2n) is 3.24. The van der Waals surface area contributed by atoms with Gasteiger partial charge in [0.25, 0.3) is 0 Å². The molecular formula is C9H11F6N6+. The van der Waals surface area contributed by atoms with Crippen molar-refractivity contribution in [3.63, 3.8) is 0 Å². The van der Waals surface area contributed by atoms with Gasteiger partial charge in [-0.15, -0.1) is 0 Å². The monoisotopic (exact) mass is 317 g/mol. The zero-order chi connectivity index (χ0) is 17.3. The minimum atomic E-state index is -5.59. The molecule has 6 nitrogen and oxygen atoms in total. The summed E-state index contributed by atoms with van der Waals surface area (Å²) in [6.07, 6.45) is -4.91. The summed E-state index contributed by atoms with van der Waals surface area (Å²) < 4.78 is 74.6. The Morgan fingerprint density at radius 3 is 1.76 bits per heavy atom. The van der Waals surface area contributed by atoms with E-state index >= 15 is 0 Å². The number of halogens is 6. The Kier molecular flexibility index (Phi) is 8.39. The molecule has 0 bridgehead atoms. The molecule has 0 radical (unpaired) electrons. The van der Waals surface area contributed by atoms with Crippen molar-refractivity contribution in [1.29, 1.82) is 10.5 Å². The van der Waals surface area contributed by atoms with Gasteiger partial charge in [0, 0.05) is 0 Å². The van der Waals surface area contributed by atoms with Gasteiger partial charge in [0.1, 0.15) is 12.4 Å². The number of aromatic nitrogens is 2. The van der Waals surface area contributed by atoms with Gasteiger partial charge < -0.3 is 11.5 Å². The molecule has 1 rings (SSSR count). The summed E-state index contributed by atoms with van der Waals surface area (Å²) in [5, 5.41) is 14.2. The first-order valence-corrected chi connectivity index (χ1v) is 4.80. The average Bonchev–Trinajstić information content (AvgIpc) is 2.76. The molecular weight excluding hydrogens is 306 g/mol. The Morgan fingerprint density at radius 2 is 1.52 bits per heavy atom. The Morgan fingerprint density at radius 1 is 1.14 bits per heavy atom. The van der Waals surface area contributed by atoms with Gasteiger partial charge in [0.2, 0.25) is 6.33 Å². The SMILES string of the molecule is C[n+]1ccn(C(F)(F)C(F)C(F)(F)F)c1.N#CN.N#CN. The molecule has 0 aromatic carbocycles. The average molecular weight is 317 g/mol. The fraction of sp³-hybridized carbons (Fsp3) is 0.444. The number of aryl methyl sites for hydroxylation is 1. The zero-order valence-electron chi connectivity index (χ0n) is 10.5. The lowest BCUT2D eigenvalue weighted by atomic mass is 10.3. The molecule has 1 aromatic heterocycles. The quantitative estimate of drug-likeness (QED) is 0.360. The molecule has 4 N–H and O–H groups in total. The van der Waals surface area contributed by atoms with Crippen LogP contribution in [0.1, 0.15) is 0 Å². The van der Waals surface area contributed by atoms with Gasteiger partial charge in [-0.25, -0.2) is 8.96 Å². The third kappa shape index (κ3) is 6.91. The van der Waals surface area contributed by atoms with E-state index in [4.69, 9.17) is 10.5 Å². The van der Waals surface area contributed by atoms with Crippen LogP contribution in [0.5, 0.6) is 0 Å². The molecule has 12 heteroatoms. The van der Waals surface area contributed by atoms with Gasteiger partial charge in [-0.05, 0) is 0 Å². The number of nitriles is 2. The van der Waals surface area contributed by atoms with Crippen molar-refractivity contribution in [1.82, 2.24) is 4.57 Å². The van der Waals surface area contributed by atoms with Gasteiger partial charge in [0.05, 0.1) is 7.05 Å². The minimum Gasteiger partial charge on any atom is -0.337 e. The maximum atomic E-state index is 12.9. The van der Waals surface area contributed by atoms with E-state index in [1.54, 1.807) is 0 Å². The van der Waals surface area contributed by atoms with Gasteiger partial charge in [0.15, 0.2) is 12.4 Å². The Bertz CT molecular complexity index is 484. The first-order valence-electron chi connectivity index (χ1n) is 4.80. The smallest absolute Gasteiger partial charge is 0.337 e. The van der Waals surface area contributed by atoms with Crippen LogP contribution in [0.25, 0.3) is 0 Å². The third-order valence-corrected chi connectivity index (χ3v) is 1.71. The Hall–Kier alpha value is -2.63. The summed E-state index contributed by atoms with van der Waals surface area (Å²) >= 11 is 0. The van der Waals surface area contributed by atoms with Crippen molar-refractivity contribution >= 4 is 0 Å². The second-order valence-corrected chi connectivity index (χ2v) is 3.24. The predicted octanol–water partition coefficient (Wildman–Crippen LogP) is 0.615. The number of nitrogens with zero attached hydrogens (tertiary/aromatic N) is 4. The van der Waals surface area contributed by atoms with Gasteiger partial charge >= 0.3 is 18.4 Å². The van der Waals surface area contributed by atoms with Gasteiger partial charge in [-0.1, -0.05) is 0 Å². The summed E-state index contributed by atoms with van der Waals surface area (Å²) in [5.41, 5.74) is 8.31. The summed E-state index contributed by atoms with van der Waals surface area (Å²) in [6.45, 7) is 0. The largest absolute Gasteiger partial charge is 0.437 e. The molecule has 0 aliphatic rings. The van der Waals surface area contributed by atoms with E-state index in [9.17, 15) is 26.3 Å². The third-order valence-electron chi connectivity index (χ3n) is 1.71. The first kappa shape index (κ1) is 20.7. The topological polar surface area (TPSA) is 108 Å². The van der Waals surface area contributed by atoms with Crippen LogP contribution in [0.3, 0.4) is 0 Å². The molecule has 118 valence electrons. The fourth-order valence-electron chi connectivity index (χ4n) is 0.954. The molecule has 21 heavy (non-hydrogen) atoms. The van der Waals surface area contributed by atoms with Crippen LogP contribution in [-0.4, -0.2) is 16.9 Å². The van der Waals surface area contributed by atoms with E-state index in [-0.39, 0.29) is 4.57 Å². The van der Waals surface area contributed by atoms with Crippen molar-refractivity contribution in [2.75, 3.05) is 0 Å². The fourth-order valence-corrected chi connectivity index (χ4v) is 0.954. The van der Waals surface area contributed by atoms with Crippen LogP contribution >= 0.6 is 0 Å². The number of hydrogen-bond donors (Lipinski definition) is 2. The van der Waals surface area contributed by atoms with Crippen molar-refractivity contribution in [2.24, 2.45) is 18.5 Å². The predicted molar refractivity (Wildman–Crippen MR) is 56.3 cm³/mol. The lowest BCUT2D eigenvalue weighted by Crippen LogP contribution is -2.43. The molecule has 1 aromatic rings. The van der Waals surface area contributed by atoms with Crippen molar-refractivity contribution < 1.29 is 30.9 Å². The van der Waals surface area contributed by atoms with Crippen LogP contribution in [0.15, 0.2) is 18.7 Å². The van der Waals surface area contributed by atoms with Crippen molar-refractivity contribution in [3.05, 3.63) is 18.7 Å². The van der Waals surface area contributed by atoms with Crippen LogP contribution in [0.2, 0.25) is 0 Å². The van der Waals surface area contributed by atoms with E-state index in [1.807, 2.05) is 0 Å². The summed E-state index contributed by atoms with van der Waals surface area (Å²) in [6, 6.07) is -4.64. The van der Waals surface area contributed by atoms with E-state index in [2.05, 4.69) is 11.5 Å². The van der Waals surface area contributed by atoms with Crippen molar-refractivity contribution in [3.8, 4) is 12.4 Å². The van der Waals surface area contributed by atoms with Gasteiger partial charge in [-0.2, -0.15) is 37.0 Å². The molecule has 1 heterocycles. The highest BCUT2D eigenvalue weighted by atomic mass is 19.4. The summed E-state index contributed by atoms with van der Waals surface area (Å²) in [7, 11) is 1.33. The van der Waals surface area contributed by atoms with Gasteiger partial charge in [-0.3, -0.25) is 0 Å².